The lowest BCUT2D eigenvalue weighted by molar-refractivity contribution is 0.0543. The van der Waals surface area contributed by atoms with Crippen LogP contribution < -0.4 is 10.0 Å². The van der Waals surface area contributed by atoms with Gasteiger partial charge in [-0.15, -0.1) is 0 Å². The van der Waals surface area contributed by atoms with Gasteiger partial charge < -0.3 is 10.4 Å². The summed E-state index contributed by atoms with van der Waals surface area (Å²) in [6.07, 6.45) is 1.12. The monoisotopic (exact) mass is 348 g/mol. The van der Waals surface area contributed by atoms with Gasteiger partial charge in [0.2, 0.25) is 10.0 Å². The van der Waals surface area contributed by atoms with Crippen molar-refractivity contribution in [2.45, 2.75) is 25.5 Å². The Bertz CT molecular complexity index is 757. The van der Waals surface area contributed by atoms with Crippen LogP contribution >= 0.6 is 0 Å². The van der Waals surface area contributed by atoms with Crippen molar-refractivity contribution in [3.8, 4) is 0 Å². The average Bonchev–Trinajstić information content (AvgIpc) is 2.53. The second-order valence-corrected chi connectivity index (χ2v) is 7.99. The standard InChI is InChI=1S/C18H24N2O3S/c1-14(15-9-11-17(12-10-15)20-24(3,22)23)19-13-18(2,21)16-7-5-4-6-8-16/h4-12,14,19-21H,13H2,1-3H3/t14-,18-/m1/s1. The summed E-state index contributed by atoms with van der Waals surface area (Å²) in [6, 6.07) is 16.7. The molecule has 0 saturated carbocycles. The fourth-order valence-electron chi connectivity index (χ4n) is 2.42. The molecule has 3 N–H and O–H groups in total. The minimum atomic E-state index is -3.27. The van der Waals surface area contributed by atoms with E-state index in [1.54, 1.807) is 19.1 Å². The topological polar surface area (TPSA) is 78.4 Å². The summed E-state index contributed by atoms with van der Waals surface area (Å²) >= 11 is 0. The molecule has 24 heavy (non-hydrogen) atoms. The fraction of sp³-hybridized carbons (Fsp3) is 0.333. The van der Waals surface area contributed by atoms with Gasteiger partial charge in [0.15, 0.2) is 0 Å². The Hall–Kier alpha value is -1.89. The molecule has 0 aromatic heterocycles. The highest BCUT2D eigenvalue weighted by Gasteiger charge is 2.23. The summed E-state index contributed by atoms with van der Waals surface area (Å²) in [5.74, 6) is 0. The van der Waals surface area contributed by atoms with Crippen molar-refractivity contribution in [1.82, 2.24) is 5.32 Å². The molecule has 0 radical (unpaired) electrons. The molecule has 0 aliphatic heterocycles. The SMILES string of the molecule is C[C@@H](NC[C@@](C)(O)c1ccccc1)c1ccc(NS(C)(=O)=O)cc1. The first-order chi connectivity index (χ1) is 11.2. The molecule has 0 aliphatic rings. The van der Waals surface area contributed by atoms with Gasteiger partial charge in [-0.05, 0) is 37.1 Å². The molecular weight excluding hydrogens is 324 g/mol. The number of hydrogen-bond donors (Lipinski definition) is 3. The maximum Gasteiger partial charge on any atom is 0.229 e. The van der Waals surface area contributed by atoms with E-state index in [-0.39, 0.29) is 6.04 Å². The third kappa shape index (κ3) is 5.33. The highest BCUT2D eigenvalue weighted by atomic mass is 32.2. The van der Waals surface area contributed by atoms with E-state index in [0.717, 1.165) is 17.4 Å². The highest BCUT2D eigenvalue weighted by Crippen LogP contribution is 2.22. The summed E-state index contributed by atoms with van der Waals surface area (Å²) < 4.78 is 24.9. The predicted octanol–water partition coefficient (Wildman–Crippen LogP) is 2.62. The Balaban J connectivity index is 1.98. The number of hydrogen-bond acceptors (Lipinski definition) is 4. The molecule has 130 valence electrons. The number of nitrogens with one attached hydrogen (secondary N) is 2. The lowest BCUT2D eigenvalue weighted by Gasteiger charge is -2.26. The Morgan fingerprint density at radius 3 is 2.21 bits per heavy atom. The minimum absolute atomic E-state index is 0.0208. The quantitative estimate of drug-likeness (QED) is 0.719. The van der Waals surface area contributed by atoms with E-state index in [1.807, 2.05) is 49.4 Å². The van der Waals surface area contributed by atoms with E-state index in [2.05, 4.69) is 10.0 Å². The van der Waals surface area contributed by atoms with Crippen LogP contribution in [-0.4, -0.2) is 26.3 Å². The van der Waals surface area contributed by atoms with E-state index in [4.69, 9.17) is 0 Å². The molecule has 0 spiro atoms. The molecule has 0 fully saturated rings. The van der Waals surface area contributed by atoms with Gasteiger partial charge in [0.25, 0.3) is 0 Å². The molecule has 2 rings (SSSR count). The second kappa shape index (κ2) is 7.34. The lowest BCUT2D eigenvalue weighted by Crippen LogP contribution is -2.36. The molecule has 0 amide bonds. The van der Waals surface area contributed by atoms with E-state index >= 15 is 0 Å². The summed E-state index contributed by atoms with van der Waals surface area (Å²) in [5, 5.41) is 13.9. The molecule has 2 aromatic carbocycles. The first kappa shape index (κ1) is 18.4. The van der Waals surface area contributed by atoms with Crippen molar-refractivity contribution < 1.29 is 13.5 Å². The van der Waals surface area contributed by atoms with Gasteiger partial charge in [-0.25, -0.2) is 8.42 Å². The minimum Gasteiger partial charge on any atom is -0.384 e. The van der Waals surface area contributed by atoms with Crippen molar-refractivity contribution in [3.05, 3.63) is 65.7 Å². The number of aliphatic hydroxyl groups is 1. The summed E-state index contributed by atoms with van der Waals surface area (Å²) in [7, 11) is -3.27. The molecule has 2 atom stereocenters. The van der Waals surface area contributed by atoms with Crippen LogP contribution in [-0.2, 0) is 15.6 Å². The van der Waals surface area contributed by atoms with Crippen LogP contribution in [0.15, 0.2) is 54.6 Å². The third-order valence-electron chi connectivity index (χ3n) is 3.86. The molecule has 5 nitrogen and oxygen atoms in total. The lowest BCUT2D eigenvalue weighted by atomic mass is 9.95. The normalized spacial score (nSPS) is 15.5. The summed E-state index contributed by atoms with van der Waals surface area (Å²) in [5.41, 5.74) is 1.44. The van der Waals surface area contributed by atoms with Gasteiger partial charge in [-0.2, -0.15) is 0 Å². The van der Waals surface area contributed by atoms with Gasteiger partial charge in [-0.1, -0.05) is 42.5 Å². The zero-order chi connectivity index (χ0) is 17.8. The molecule has 0 saturated heterocycles. The maximum absolute atomic E-state index is 11.2. The first-order valence-electron chi connectivity index (χ1n) is 7.76. The molecule has 0 bridgehead atoms. The average molecular weight is 348 g/mol. The van der Waals surface area contributed by atoms with Gasteiger partial charge in [0.05, 0.1) is 11.9 Å². The molecular formula is C18H24N2O3S. The molecule has 0 heterocycles. The molecule has 0 unspecified atom stereocenters. The Kier molecular flexibility index (Phi) is 5.64. The number of rotatable bonds is 7. The zero-order valence-electron chi connectivity index (χ0n) is 14.2. The highest BCUT2D eigenvalue weighted by molar-refractivity contribution is 7.92. The molecule has 0 aliphatic carbocycles. The zero-order valence-corrected chi connectivity index (χ0v) is 15.0. The van der Waals surface area contributed by atoms with Crippen LogP contribution in [0, 0.1) is 0 Å². The Morgan fingerprint density at radius 2 is 1.67 bits per heavy atom. The Labute approximate surface area is 143 Å². The van der Waals surface area contributed by atoms with E-state index in [0.29, 0.717) is 12.2 Å². The summed E-state index contributed by atoms with van der Waals surface area (Å²) in [4.78, 5) is 0. The van der Waals surface area contributed by atoms with Crippen LogP contribution in [0.25, 0.3) is 0 Å². The maximum atomic E-state index is 11.2. The third-order valence-corrected chi connectivity index (χ3v) is 4.47. The van der Waals surface area contributed by atoms with Gasteiger partial charge in [-0.3, -0.25) is 4.72 Å². The molecule has 2 aromatic rings. The van der Waals surface area contributed by atoms with Crippen LogP contribution in [0.3, 0.4) is 0 Å². The van der Waals surface area contributed by atoms with E-state index in [1.165, 1.54) is 0 Å². The second-order valence-electron chi connectivity index (χ2n) is 6.24. The van der Waals surface area contributed by atoms with Crippen molar-refractivity contribution >= 4 is 15.7 Å². The van der Waals surface area contributed by atoms with Crippen molar-refractivity contribution in [2.75, 3.05) is 17.5 Å². The van der Waals surface area contributed by atoms with Crippen LogP contribution in [0.5, 0.6) is 0 Å². The van der Waals surface area contributed by atoms with Crippen molar-refractivity contribution in [2.24, 2.45) is 0 Å². The van der Waals surface area contributed by atoms with Crippen LogP contribution in [0.1, 0.15) is 31.0 Å². The van der Waals surface area contributed by atoms with E-state index in [9.17, 15) is 13.5 Å². The smallest absolute Gasteiger partial charge is 0.229 e. The number of anilines is 1. The predicted molar refractivity (Wildman–Crippen MR) is 97.3 cm³/mol. The van der Waals surface area contributed by atoms with Crippen LogP contribution in [0.2, 0.25) is 0 Å². The largest absolute Gasteiger partial charge is 0.384 e. The van der Waals surface area contributed by atoms with Gasteiger partial charge in [0, 0.05) is 18.3 Å². The van der Waals surface area contributed by atoms with Crippen molar-refractivity contribution in [1.29, 1.82) is 0 Å². The summed E-state index contributed by atoms with van der Waals surface area (Å²) in [6.45, 7) is 4.18. The Morgan fingerprint density at radius 1 is 1.08 bits per heavy atom. The van der Waals surface area contributed by atoms with Crippen LogP contribution in [0.4, 0.5) is 5.69 Å². The van der Waals surface area contributed by atoms with Gasteiger partial charge >= 0.3 is 0 Å². The number of benzene rings is 2. The van der Waals surface area contributed by atoms with Crippen molar-refractivity contribution in [3.63, 3.8) is 0 Å². The first-order valence-corrected chi connectivity index (χ1v) is 9.65. The van der Waals surface area contributed by atoms with E-state index < -0.39 is 15.6 Å². The van der Waals surface area contributed by atoms with Gasteiger partial charge in [0.1, 0.15) is 0 Å². The fourth-order valence-corrected chi connectivity index (χ4v) is 2.99. The number of sulfonamides is 1. The molecule has 6 heteroatoms.